The molecule has 0 amide bonds. The van der Waals surface area contributed by atoms with Crippen LogP contribution in [0.25, 0.3) is 0 Å². The summed E-state index contributed by atoms with van der Waals surface area (Å²) in [5, 5.41) is 21.9. The first-order chi connectivity index (χ1) is 10.6. The monoisotopic (exact) mass is 341 g/mol. The van der Waals surface area contributed by atoms with Crippen LogP contribution in [0.15, 0.2) is 41.8 Å². The molecule has 8 nitrogen and oxygen atoms in total. The zero-order valence-electron chi connectivity index (χ0n) is 12.7. The van der Waals surface area contributed by atoms with Crippen molar-refractivity contribution in [2.24, 2.45) is 0 Å². The molecule has 0 bridgehead atoms. The standard InChI is InChI=1S/C14H18N2O6S/c1-4-5-13(14(17)18)15(10(2)3)23(21,22)12-8-6-11(7-9-12)16(19)20/h4,6-10,13H,1,5H2,2-3H3,(H,17,18)/p-1. The van der Waals surface area contributed by atoms with Crippen LogP contribution in [0, 0.1) is 10.1 Å². The highest BCUT2D eigenvalue weighted by molar-refractivity contribution is 7.89. The number of carbonyl (C=O) groups is 1. The number of carbonyl (C=O) groups excluding carboxylic acids is 1. The highest BCUT2D eigenvalue weighted by atomic mass is 32.2. The van der Waals surface area contributed by atoms with E-state index in [1.807, 2.05) is 0 Å². The van der Waals surface area contributed by atoms with Gasteiger partial charge in [-0.3, -0.25) is 10.1 Å². The van der Waals surface area contributed by atoms with Crippen molar-refractivity contribution in [1.29, 1.82) is 0 Å². The molecule has 0 fully saturated rings. The minimum absolute atomic E-state index is 0.118. The first-order valence-electron chi connectivity index (χ1n) is 6.72. The molecule has 1 aromatic carbocycles. The van der Waals surface area contributed by atoms with Gasteiger partial charge in [0.25, 0.3) is 5.69 Å². The van der Waals surface area contributed by atoms with Gasteiger partial charge in [0.1, 0.15) is 0 Å². The Morgan fingerprint density at radius 1 is 1.35 bits per heavy atom. The number of carboxylic acid groups (broad SMARTS) is 1. The Morgan fingerprint density at radius 3 is 2.22 bits per heavy atom. The molecule has 0 heterocycles. The van der Waals surface area contributed by atoms with Gasteiger partial charge >= 0.3 is 0 Å². The Bertz CT molecular complexity index is 696. The maximum Gasteiger partial charge on any atom is 0.269 e. The minimum Gasteiger partial charge on any atom is -0.548 e. The van der Waals surface area contributed by atoms with Crippen molar-refractivity contribution in [1.82, 2.24) is 4.31 Å². The summed E-state index contributed by atoms with van der Waals surface area (Å²) in [6.45, 7) is 6.48. The number of rotatable bonds is 8. The molecule has 1 rings (SSSR count). The number of nitro groups is 1. The number of sulfonamides is 1. The van der Waals surface area contributed by atoms with Gasteiger partial charge in [-0.15, -0.1) is 6.58 Å². The van der Waals surface area contributed by atoms with Crippen molar-refractivity contribution >= 4 is 21.7 Å². The first-order valence-corrected chi connectivity index (χ1v) is 8.16. The Labute approximate surface area is 134 Å². The van der Waals surface area contributed by atoms with Crippen LogP contribution in [0.4, 0.5) is 5.69 Å². The molecule has 9 heteroatoms. The number of nitro benzene ring substituents is 1. The van der Waals surface area contributed by atoms with E-state index >= 15 is 0 Å². The van der Waals surface area contributed by atoms with Crippen LogP contribution in [-0.2, 0) is 14.8 Å². The van der Waals surface area contributed by atoms with Crippen molar-refractivity contribution in [3.63, 3.8) is 0 Å². The second-order valence-corrected chi connectivity index (χ2v) is 6.88. The SMILES string of the molecule is C=CCC(C(=O)[O-])N(C(C)C)S(=O)(=O)c1ccc([N+](=O)[O-])cc1. The van der Waals surface area contributed by atoms with Gasteiger partial charge in [-0.1, -0.05) is 6.08 Å². The predicted octanol–water partition coefficient (Wildman–Crippen LogP) is 0.688. The number of hydrogen-bond donors (Lipinski definition) is 0. The van der Waals surface area contributed by atoms with Crippen LogP contribution in [-0.4, -0.2) is 35.7 Å². The van der Waals surface area contributed by atoms with Gasteiger partial charge in [0, 0.05) is 18.2 Å². The van der Waals surface area contributed by atoms with E-state index in [-0.39, 0.29) is 17.0 Å². The third-order valence-corrected chi connectivity index (χ3v) is 5.20. The number of aliphatic carboxylic acids is 1. The Kier molecular flexibility index (Phi) is 5.99. The van der Waals surface area contributed by atoms with E-state index in [1.54, 1.807) is 0 Å². The van der Waals surface area contributed by atoms with Gasteiger partial charge in [-0.05, 0) is 32.4 Å². The van der Waals surface area contributed by atoms with Crippen molar-refractivity contribution in [2.75, 3.05) is 0 Å². The molecule has 0 N–H and O–H groups in total. The summed E-state index contributed by atoms with van der Waals surface area (Å²) in [6, 6.07) is 2.18. The molecule has 0 aliphatic rings. The van der Waals surface area contributed by atoms with Crippen LogP contribution in [0.3, 0.4) is 0 Å². The fourth-order valence-corrected chi connectivity index (χ4v) is 3.91. The molecule has 0 saturated carbocycles. The molecule has 0 spiro atoms. The van der Waals surface area contributed by atoms with E-state index in [1.165, 1.54) is 19.9 Å². The Balaban J connectivity index is 3.36. The molecule has 126 valence electrons. The molecule has 0 aliphatic heterocycles. The average Bonchev–Trinajstić information content (AvgIpc) is 2.46. The van der Waals surface area contributed by atoms with Crippen LogP contribution in [0.2, 0.25) is 0 Å². The maximum atomic E-state index is 12.7. The zero-order chi connectivity index (χ0) is 17.8. The fourth-order valence-electron chi connectivity index (χ4n) is 2.13. The molecule has 0 aliphatic carbocycles. The van der Waals surface area contributed by atoms with Crippen molar-refractivity contribution < 1.29 is 23.2 Å². The highest BCUT2D eigenvalue weighted by Gasteiger charge is 2.34. The predicted molar refractivity (Wildman–Crippen MR) is 80.9 cm³/mol. The molecule has 1 aromatic rings. The molecule has 0 radical (unpaired) electrons. The lowest BCUT2D eigenvalue weighted by Gasteiger charge is -2.34. The Morgan fingerprint density at radius 2 is 1.87 bits per heavy atom. The van der Waals surface area contributed by atoms with E-state index in [4.69, 9.17) is 0 Å². The average molecular weight is 341 g/mol. The van der Waals surface area contributed by atoms with Gasteiger partial charge < -0.3 is 9.90 Å². The normalized spacial score (nSPS) is 13.0. The molecular formula is C14H17N2O6S-. The molecule has 0 saturated heterocycles. The van der Waals surface area contributed by atoms with Gasteiger partial charge in [-0.2, -0.15) is 4.31 Å². The zero-order valence-corrected chi connectivity index (χ0v) is 13.5. The van der Waals surface area contributed by atoms with Gasteiger partial charge in [-0.25, -0.2) is 8.42 Å². The third-order valence-electron chi connectivity index (χ3n) is 3.10. The topological polar surface area (TPSA) is 121 Å². The number of benzene rings is 1. The lowest BCUT2D eigenvalue weighted by Crippen LogP contribution is -2.53. The second kappa shape index (κ2) is 7.34. The van der Waals surface area contributed by atoms with Crippen molar-refractivity contribution in [3.8, 4) is 0 Å². The van der Waals surface area contributed by atoms with Gasteiger partial charge in [0.2, 0.25) is 10.0 Å². The van der Waals surface area contributed by atoms with E-state index in [2.05, 4.69) is 6.58 Å². The highest BCUT2D eigenvalue weighted by Crippen LogP contribution is 2.24. The smallest absolute Gasteiger partial charge is 0.269 e. The quantitative estimate of drug-likeness (QED) is 0.389. The number of carboxylic acids is 1. The lowest BCUT2D eigenvalue weighted by molar-refractivity contribution is -0.384. The summed E-state index contributed by atoms with van der Waals surface area (Å²) >= 11 is 0. The van der Waals surface area contributed by atoms with E-state index in [0.29, 0.717) is 0 Å². The molecular weight excluding hydrogens is 324 g/mol. The summed E-state index contributed by atoms with van der Waals surface area (Å²) in [7, 11) is -4.17. The summed E-state index contributed by atoms with van der Waals surface area (Å²) in [6.07, 6.45) is 1.17. The third kappa shape index (κ3) is 4.14. The van der Waals surface area contributed by atoms with Gasteiger partial charge in [0.05, 0.1) is 21.8 Å². The maximum absolute atomic E-state index is 12.7. The van der Waals surface area contributed by atoms with Crippen molar-refractivity contribution in [3.05, 3.63) is 47.0 Å². The first kappa shape index (κ1) is 18.8. The van der Waals surface area contributed by atoms with Crippen LogP contribution >= 0.6 is 0 Å². The summed E-state index contributed by atoms with van der Waals surface area (Å²) in [5.41, 5.74) is -0.261. The largest absolute Gasteiger partial charge is 0.548 e. The summed E-state index contributed by atoms with van der Waals surface area (Å²) < 4.78 is 26.2. The lowest BCUT2D eigenvalue weighted by atomic mass is 10.2. The van der Waals surface area contributed by atoms with Crippen LogP contribution in [0.5, 0.6) is 0 Å². The molecule has 1 atom stereocenters. The van der Waals surface area contributed by atoms with Crippen LogP contribution in [0.1, 0.15) is 20.3 Å². The van der Waals surface area contributed by atoms with Crippen LogP contribution < -0.4 is 5.11 Å². The van der Waals surface area contributed by atoms with Crippen molar-refractivity contribution in [2.45, 2.75) is 37.2 Å². The summed E-state index contributed by atoms with van der Waals surface area (Å²) in [4.78, 5) is 21.1. The fraction of sp³-hybridized carbons (Fsp3) is 0.357. The molecule has 1 unspecified atom stereocenters. The van der Waals surface area contributed by atoms with Gasteiger partial charge in [0.15, 0.2) is 0 Å². The van der Waals surface area contributed by atoms with E-state index in [9.17, 15) is 28.4 Å². The van der Waals surface area contributed by atoms with E-state index < -0.39 is 33.0 Å². The molecule has 0 aromatic heterocycles. The summed E-state index contributed by atoms with van der Waals surface area (Å²) in [5.74, 6) is -1.54. The minimum atomic E-state index is -4.17. The number of non-ortho nitro benzene ring substituents is 1. The Hall–Kier alpha value is -2.26. The second-order valence-electron chi connectivity index (χ2n) is 5.04. The number of hydrogen-bond acceptors (Lipinski definition) is 6. The molecule has 23 heavy (non-hydrogen) atoms. The van der Waals surface area contributed by atoms with E-state index in [0.717, 1.165) is 28.6 Å². The number of nitrogens with zero attached hydrogens (tertiary/aromatic N) is 2.